The van der Waals surface area contributed by atoms with E-state index in [0.717, 1.165) is 34.0 Å². The van der Waals surface area contributed by atoms with Crippen LogP contribution in [0, 0.1) is 10.1 Å². The highest BCUT2D eigenvalue weighted by Crippen LogP contribution is 2.29. The Morgan fingerprint density at radius 2 is 2.04 bits per heavy atom. The number of nitrogens with one attached hydrogen (secondary N) is 1. The Morgan fingerprint density at radius 1 is 1.19 bits per heavy atom. The number of rotatable bonds is 6. The molecule has 4 aromatic rings. The molecule has 0 unspecified atom stereocenters. The molecule has 130 valence electrons. The molecule has 0 saturated carbocycles. The molecule has 0 bridgehead atoms. The van der Waals surface area contributed by atoms with Crippen LogP contribution in [0.5, 0.6) is 0 Å². The van der Waals surface area contributed by atoms with E-state index in [2.05, 4.69) is 27.5 Å². The van der Waals surface area contributed by atoms with E-state index < -0.39 is 0 Å². The lowest BCUT2D eigenvalue weighted by atomic mass is 10.1. The summed E-state index contributed by atoms with van der Waals surface area (Å²) in [5.41, 5.74) is 3.10. The molecule has 0 spiro atoms. The summed E-state index contributed by atoms with van der Waals surface area (Å²) in [5, 5.41) is 19.1. The van der Waals surface area contributed by atoms with Crippen molar-refractivity contribution in [1.82, 2.24) is 14.8 Å². The Balaban J connectivity index is 1.38. The van der Waals surface area contributed by atoms with Gasteiger partial charge >= 0.3 is 0 Å². The van der Waals surface area contributed by atoms with E-state index in [1.54, 1.807) is 18.3 Å². The van der Waals surface area contributed by atoms with E-state index in [9.17, 15) is 10.1 Å². The van der Waals surface area contributed by atoms with Crippen molar-refractivity contribution in [1.29, 1.82) is 0 Å². The average Bonchev–Trinajstić information content (AvgIpc) is 3.31. The first-order valence-electron chi connectivity index (χ1n) is 8.07. The van der Waals surface area contributed by atoms with Gasteiger partial charge in [-0.2, -0.15) is 5.10 Å². The summed E-state index contributed by atoms with van der Waals surface area (Å²) in [6.07, 6.45) is 4.52. The number of aromatic nitrogens is 3. The van der Waals surface area contributed by atoms with Gasteiger partial charge in [-0.15, -0.1) is 0 Å². The van der Waals surface area contributed by atoms with E-state index in [1.807, 2.05) is 29.1 Å². The summed E-state index contributed by atoms with van der Waals surface area (Å²) < 4.78 is 2.63. The van der Waals surface area contributed by atoms with Crippen LogP contribution < -0.4 is 5.32 Å². The van der Waals surface area contributed by atoms with Crippen molar-refractivity contribution in [2.45, 2.75) is 6.42 Å². The minimum Gasteiger partial charge on any atom is -0.361 e. The molecule has 8 heteroatoms. The zero-order valence-electron chi connectivity index (χ0n) is 13.7. The van der Waals surface area contributed by atoms with Gasteiger partial charge in [-0.05, 0) is 36.2 Å². The van der Waals surface area contributed by atoms with E-state index in [1.165, 1.54) is 23.0 Å². The molecule has 0 amide bonds. The highest BCUT2D eigenvalue weighted by molar-refractivity contribution is 7.22. The number of hydrogen-bond donors (Lipinski definition) is 1. The second-order valence-corrected chi connectivity index (χ2v) is 6.75. The van der Waals surface area contributed by atoms with Gasteiger partial charge in [-0.1, -0.05) is 23.5 Å². The van der Waals surface area contributed by atoms with Gasteiger partial charge < -0.3 is 5.32 Å². The van der Waals surface area contributed by atoms with Gasteiger partial charge in [-0.3, -0.25) is 10.1 Å². The zero-order valence-corrected chi connectivity index (χ0v) is 14.5. The Morgan fingerprint density at radius 3 is 2.77 bits per heavy atom. The monoisotopic (exact) mass is 365 g/mol. The van der Waals surface area contributed by atoms with Crippen LogP contribution in [0.2, 0.25) is 0 Å². The maximum absolute atomic E-state index is 10.8. The number of fused-ring (bicyclic) bond motifs is 1. The summed E-state index contributed by atoms with van der Waals surface area (Å²) >= 11 is 1.43. The van der Waals surface area contributed by atoms with Crippen molar-refractivity contribution in [2.75, 3.05) is 11.9 Å². The SMILES string of the molecule is O=[N+]([O-])c1ccc2nc(NCCc3ccc(-n4cccn4)cc3)sc2c1. The molecule has 0 aliphatic rings. The molecule has 0 radical (unpaired) electrons. The first kappa shape index (κ1) is 16.2. The van der Waals surface area contributed by atoms with Gasteiger partial charge in [0.25, 0.3) is 5.69 Å². The topological polar surface area (TPSA) is 85.9 Å². The predicted molar refractivity (Wildman–Crippen MR) is 102 cm³/mol. The molecule has 0 aliphatic heterocycles. The van der Waals surface area contributed by atoms with Gasteiger partial charge in [0.15, 0.2) is 5.13 Å². The predicted octanol–water partition coefficient (Wildman–Crippen LogP) is 4.04. The maximum Gasteiger partial charge on any atom is 0.270 e. The third-order valence-electron chi connectivity index (χ3n) is 3.98. The first-order valence-corrected chi connectivity index (χ1v) is 8.88. The Labute approximate surface area is 153 Å². The summed E-state index contributed by atoms with van der Waals surface area (Å²) in [6.45, 7) is 0.739. The minimum absolute atomic E-state index is 0.0879. The lowest BCUT2D eigenvalue weighted by Crippen LogP contribution is -2.04. The molecule has 2 aromatic heterocycles. The molecule has 0 aliphatic carbocycles. The second-order valence-electron chi connectivity index (χ2n) is 5.72. The van der Waals surface area contributed by atoms with Crippen molar-refractivity contribution in [3.8, 4) is 5.69 Å². The smallest absolute Gasteiger partial charge is 0.270 e. The first-order chi connectivity index (χ1) is 12.7. The summed E-state index contributed by atoms with van der Waals surface area (Å²) in [4.78, 5) is 14.9. The van der Waals surface area contributed by atoms with Crippen LogP contribution in [0.1, 0.15) is 5.56 Å². The number of non-ortho nitro benzene ring substituents is 1. The van der Waals surface area contributed by atoms with Crippen LogP contribution in [0.4, 0.5) is 10.8 Å². The number of anilines is 1. The van der Waals surface area contributed by atoms with Crippen LogP contribution in [-0.4, -0.2) is 26.2 Å². The van der Waals surface area contributed by atoms with Gasteiger partial charge in [0.1, 0.15) is 0 Å². The van der Waals surface area contributed by atoms with E-state index in [-0.39, 0.29) is 10.6 Å². The average molecular weight is 365 g/mol. The molecule has 1 N–H and O–H groups in total. The van der Waals surface area contributed by atoms with Crippen molar-refractivity contribution < 1.29 is 4.92 Å². The lowest BCUT2D eigenvalue weighted by Gasteiger charge is -2.05. The number of nitrogens with zero attached hydrogens (tertiary/aromatic N) is 4. The lowest BCUT2D eigenvalue weighted by molar-refractivity contribution is -0.384. The molecular formula is C18H15N5O2S. The number of hydrogen-bond acceptors (Lipinski definition) is 6. The Bertz CT molecular complexity index is 1040. The van der Waals surface area contributed by atoms with Gasteiger partial charge in [0, 0.05) is 31.1 Å². The molecule has 0 fully saturated rings. The Kier molecular flexibility index (Phi) is 4.32. The largest absolute Gasteiger partial charge is 0.361 e. The fraction of sp³-hybridized carbons (Fsp3) is 0.111. The van der Waals surface area contributed by atoms with Gasteiger partial charge in [0.2, 0.25) is 0 Å². The molecule has 4 rings (SSSR count). The number of nitro groups is 1. The fourth-order valence-corrected chi connectivity index (χ4v) is 3.58. The molecule has 26 heavy (non-hydrogen) atoms. The number of nitro benzene ring substituents is 1. The van der Waals surface area contributed by atoms with Gasteiger partial charge in [-0.25, -0.2) is 9.67 Å². The van der Waals surface area contributed by atoms with Crippen molar-refractivity contribution in [3.63, 3.8) is 0 Å². The zero-order chi connectivity index (χ0) is 17.9. The van der Waals surface area contributed by atoms with Crippen molar-refractivity contribution in [2.24, 2.45) is 0 Å². The highest BCUT2D eigenvalue weighted by Gasteiger charge is 2.10. The molecule has 0 atom stereocenters. The molecule has 2 aromatic carbocycles. The Hall–Kier alpha value is -3.26. The molecular weight excluding hydrogens is 350 g/mol. The minimum atomic E-state index is -0.390. The molecule has 0 saturated heterocycles. The molecule has 7 nitrogen and oxygen atoms in total. The normalized spacial score (nSPS) is 10.9. The van der Waals surface area contributed by atoms with Crippen molar-refractivity contribution >= 4 is 32.4 Å². The second kappa shape index (κ2) is 6.93. The standard InChI is InChI=1S/C18H15N5O2S/c24-23(25)15-6-7-16-17(12-15)26-18(21-16)19-10-8-13-2-4-14(5-3-13)22-11-1-9-20-22/h1-7,9,11-12H,8,10H2,(H,19,21). The maximum atomic E-state index is 10.8. The quantitative estimate of drug-likeness (QED) is 0.412. The van der Waals surface area contributed by atoms with E-state index in [4.69, 9.17) is 0 Å². The number of benzene rings is 2. The van der Waals surface area contributed by atoms with Crippen LogP contribution in [0.3, 0.4) is 0 Å². The number of thiazole rings is 1. The fourth-order valence-electron chi connectivity index (χ4n) is 2.65. The van der Waals surface area contributed by atoms with Crippen LogP contribution >= 0.6 is 11.3 Å². The summed E-state index contributed by atoms with van der Waals surface area (Å²) in [5.74, 6) is 0. The third-order valence-corrected chi connectivity index (χ3v) is 4.95. The van der Waals surface area contributed by atoms with E-state index in [0.29, 0.717) is 0 Å². The van der Waals surface area contributed by atoms with Gasteiger partial charge in [0.05, 0.1) is 20.8 Å². The van der Waals surface area contributed by atoms with E-state index >= 15 is 0 Å². The van der Waals surface area contributed by atoms with Crippen LogP contribution in [0.25, 0.3) is 15.9 Å². The highest BCUT2D eigenvalue weighted by atomic mass is 32.1. The van der Waals surface area contributed by atoms with Crippen molar-refractivity contribution in [3.05, 3.63) is 76.6 Å². The molecule has 2 heterocycles. The van der Waals surface area contributed by atoms with Crippen LogP contribution in [0.15, 0.2) is 60.9 Å². The third kappa shape index (κ3) is 3.40. The summed E-state index contributed by atoms with van der Waals surface area (Å²) in [7, 11) is 0. The summed E-state index contributed by atoms with van der Waals surface area (Å²) in [6, 6.07) is 14.9. The van der Waals surface area contributed by atoms with Crippen LogP contribution in [-0.2, 0) is 6.42 Å².